The van der Waals surface area contributed by atoms with Gasteiger partial charge in [-0.25, -0.2) is 0 Å². The quantitative estimate of drug-likeness (QED) is 0.749. The molecule has 0 bridgehead atoms. The smallest absolute Gasteiger partial charge is 0.253 e. The zero-order valence-electron chi connectivity index (χ0n) is 15.8. The maximum atomic E-state index is 12.8. The van der Waals surface area contributed by atoms with Crippen LogP contribution in [0.5, 0.6) is 0 Å². The van der Waals surface area contributed by atoms with Crippen molar-refractivity contribution >= 4 is 5.91 Å². The number of hydrogen-bond donors (Lipinski definition) is 0. The topological polar surface area (TPSA) is 32.8 Å². The molecule has 4 heteroatoms. The normalized spacial score (nSPS) is 22.2. The third-order valence-corrected chi connectivity index (χ3v) is 4.98. The highest BCUT2D eigenvalue weighted by Crippen LogP contribution is 2.20. The van der Waals surface area contributed by atoms with Gasteiger partial charge in [-0.15, -0.1) is 0 Å². The molecule has 0 radical (unpaired) electrons. The second-order valence-electron chi connectivity index (χ2n) is 7.27. The summed E-state index contributed by atoms with van der Waals surface area (Å²) in [6, 6.07) is 8.85. The molecule has 134 valence electrons. The van der Waals surface area contributed by atoms with Crippen LogP contribution in [0.4, 0.5) is 0 Å². The molecular weight excluding hydrogens is 300 g/mol. The molecule has 4 nitrogen and oxygen atoms in total. The highest BCUT2D eigenvalue weighted by molar-refractivity contribution is 5.94. The SMILES string of the molecule is COCCCN1C(C)CN(C(=O)c2ccc(C(C)C)cc2)CC1C. The zero-order valence-corrected chi connectivity index (χ0v) is 15.8. The Morgan fingerprint density at radius 3 is 2.25 bits per heavy atom. The summed E-state index contributed by atoms with van der Waals surface area (Å²) in [5.74, 6) is 0.644. The fourth-order valence-electron chi connectivity index (χ4n) is 3.55. The molecule has 0 aromatic heterocycles. The van der Waals surface area contributed by atoms with E-state index in [2.05, 4.69) is 44.7 Å². The molecule has 0 N–H and O–H groups in total. The van der Waals surface area contributed by atoms with Gasteiger partial charge in [0, 0.05) is 51.0 Å². The summed E-state index contributed by atoms with van der Waals surface area (Å²) >= 11 is 0. The van der Waals surface area contributed by atoms with E-state index in [1.807, 2.05) is 17.0 Å². The zero-order chi connectivity index (χ0) is 17.7. The average molecular weight is 332 g/mol. The minimum absolute atomic E-state index is 0.153. The number of nitrogens with zero attached hydrogens (tertiary/aromatic N) is 2. The molecule has 1 aliphatic heterocycles. The monoisotopic (exact) mass is 332 g/mol. The first-order valence-corrected chi connectivity index (χ1v) is 9.08. The van der Waals surface area contributed by atoms with Crippen molar-refractivity contribution in [2.24, 2.45) is 0 Å². The van der Waals surface area contributed by atoms with Crippen molar-refractivity contribution in [3.63, 3.8) is 0 Å². The molecule has 1 saturated heterocycles. The van der Waals surface area contributed by atoms with Crippen molar-refractivity contribution < 1.29 is 9.53 Å². The maximum Gasteiger partial charge on any atom is 0.253 e. The van der Waals surface area contributed by atoms with Crippen LogP contribution in [0.1, 0.15) is 56.0 Å². The second-order valence-corrected chi connectivity index (χ2v) is 7.27. The standard InChI is InChI=1S/C20H32N2O2/c1-15(2)18-7-9-19(10-8-18)20(23)21-13-16(3)22(17(4)14-21)11-6-12-24-5/h7-10,15-17H,6,11-14H2,1-5H3. The number of ether oxygens (including phenoxy) is 1. The van der Waals surface area contributed by atoms with Crippen molar-refractivity contribution in [1.29, 1.82) is 0 Å². The van der Waals surface area contributed by atoms with Gasteiger partial charge < -0.3 is 9.64 Å². The van der Waals surface area contributed by atoms with Gasteiger partial charge in [0.2, 0.25) is 0 Å². The van der Waals surface area contributed by atoms with E-state index in [0.29, 0.717) is 18.0 Å². The number of hydrogen-bond acceptors (Lipinski definition) is 3. The Balaban J connectivity index is 1.99. The molecule has 1 amide bonds. The van der Waals surface area contributed by atoms with E-state index in [1.54, 1.807) is 7.11 Å². The molecule has 0 spiro atoms. The van der Waals surface area contributed by atoms with Crippen LogP contribution in [0.25, 0.3) is 0 Å². The van der Waals surface area contributed by atoms with E-state index in [0.717, 1.165) is 38.2 Å². The van der Waals surface area contributed by atoms with Gasteiger partial charge in [0.1, 0.15) is 0 Å². The van der Waals surface area contributed by atoms with Crippen LogP contribution in [0.2, 0.25) is 0 Å². The van der Waals surface area contributed by atoms with E-state index in [1.165, 1.54) is 5.56 Å². The van der Waals surface area contributed by atoms with Crippen LogP contribution in [-0.2, 0) is 4.74 Å². The molecule has 0 aliphatic carbocycles. The van der Waals surface area contributed by atoms with Crippen LogP contribution in [-0.4, -0.2) is 61.1 Å². The fraction of sp³-hybridized carbons (Fsp3) is 0.650. The first-order chi connectivity index (χ1) is 11.4. The van der Waals surface area contributed by atoms with E-state index in [4.69, 9.17) is 4.74 Å². The molecule has 2 atom stereocenters. The minimum atomic E-state index is 0.153. The number of carbonyl (C=O) groups is 1. The number of rotatable bonds is 6. The summed E-state index contributed by atoms with van der Waals surface area (Å²) in [6.07, 6.45) is 1.04. The average Bonchev–Trinajstić information content (AvgIpc) is 2.56. The predicted octanol–water partition coefficient (Wildman–Crippen LogP) is 3.38. The van der Waals surface area contributed by atoms with Crippen molar-refractivity contribution in [3.05, 3.63) is 35.4 Å². The van der Waals surface area contributed by atoms with Crippen LogP contribution < -0.4 is 0 Å². The number of piperazine rings is 1. The van der Waals surface area contributed by atoms with Crippen molar-refractivity contribution in [3.8, 4) is 0 Å². The lowest BCUT2D eigenvalue weighted by molar-refractivity contribution is 0.0270. The summed E-state index contributed by atoms with van der Waals surface area (Å²) in [5, 5.41) is 0. The lowest BCUT2D eigenvalue weighted by atomic mass is 10.0. The molecule has 1 fully saturated rings. The van der Waals surface area contributed by atoms with Gasteiger partial charge in [-0.1, -0.05) is 26.0 Å². The minimum Gasteiger partial charge on any atom is -0.385 e. The Bertz CT molecular complexity index is 515. The summed E-state index contributed by atoms with van der Waals surface area (Å²) in [6.45, 7) is 12.2. The molecule has 2 rings (SSSR count). The summed E-state index contributed by atoms with van der Waals surface area (Å²) < 4.78 is 5.16. The molecule has 2 unspecified atom stereocenters. The Labute approximate surface area is 146 Å². The number of benzene rings is 1. The molecule has 1 aromatic carbocycles. The molecule has 24 heavy (non-hydrogen) atoms. The van der Waals surface area contributed by atoms with Crippen molar-refractivity contribution in [1.82, 2.24) is 9.80 Å². The highest BCUT2D eigenvalue weighted by atomic mass is 16.5. The second kappa shape index (κ2) is 8.63. The number of methoxy groups -OCH3 is 1. The van der Waals surface area contributed by atoms with Crippen LogP contribution >= 0.6 is 0 Å². The van der Waals surface area contributed by atoms with Crippen LogP contribution in [0, 0.1) is 0 Å². The maximum absolute atomic E-state index is 12.8. The first kappa shape index (κ1) is 18.9. The first-order valence-electron chi connectivity index (χ1n) is 9.08. The van der Waals surface area contributed by atoms with E-state index < -0.39 is 0 Å². The summed E-state index contributed by atoms with van der Waals surface area (Å²) in [4.78, 5) is 17.3. The van der Waals surface area contributed by atoms with Crippen molar-refractivity contribution in [2.75, 3.05) is 33.4 Å². The molecule has 1 heterocycles. The molecular formula is C20H32N2O2. The van der Waals surface area contributed by atoms with Gasteiger partial charge in [-0.3, -0.25) is 9.69 Å². The van der Waals surface area contributed by atoms with Crippen molar-refractivity contribution in [2.45, 2.75) is 52.1 Å². The third-order valence-electron chi connectivity index (χ3n) is 4.98. The Kier molecular flexibility index (Phi) is 6.81. The predicted molar refractivity (Wildman–Crippen MR) is 98.6 cm³/mol. The van der Waals surface area contributed by atoms with Crippen LogP contribution in [0.15, 0.2) is 24.3 Å². The molecule has 0 saturated carbocycles. The van der Waals surface area contributed by atoms with E-state index in [9.17, 15) is 4.79 Å². The van der Waals surface area contributed by atoms with Gasteiger partial charge in [-0.05, 0) is 43.9 Å². The van der Waals surface area contributed by atoms with Crippen LogP contribution in [0.3, 0.4) is 0 Å². The fourth-order valence-corrected chi connectivity index (χ4v) is 3.55. The van der Waals surface area contributed by atoms with E-state index in [-0.39, 0.29) is 5.91 Å². The van der Waals surface area contributed by atoms with E-state index >= 15 is 0 Å². The van der Waals surface area contributed by atoms with Gasteiger partial charge in [0.15, 0.2) is 0 Å². The Morgan fingerprint density at radius 2 is 1.75 bits per heavy atom. The Hall–Kier alpha value is -1.39. The molecule has 1 aromatic rings. The van der Waals surface area contributed by atoms with Gasteiger partial charge >= 0.3 is 0 Å². The third kappa shape index (κ3) is 4.58. The van der Waals surface area contributed by atoms with Gasteiger partial charge in [-0.2, -0.15) is 0 Å². The number of carbonyl (C=O) groups excluding carboxylic acids is 1. The highest BCUT2D eigenvalue weighted by Gasteiger charge is 2.31. The molecule has 1 aliphatic rings. The van der Waals surface area contributed by atoms with Gasteiger partial charge in [0.05, 0.1) is 0 Å². The number of amides is 1. The largest absolute Gasteiger partial charge is 0.385 e. The summed E-state index contributed by atoms with van der Waals surface area (Å²) in [5.41, 5.74) is 2.07. The lowest BCUT2D eigenvalue weighted by Crippen LogP contribution is -2.58. The lowest BCUT2D eigenvalue weighted by Gasteiger charge is -2.44. The van der Waals surface area contributed by atoms with Gasteiger partial charge in [0.25, 0.3) is 5.91 Å². The Morgan fingerprint density at radius 1 is 1.17 bits per heavy atom. The summed E-state index contributed by atoms with van der Waals surface area (Å²) in [7, 11) is 1.74.